The standard InChI is InChI=1S/C26H20N4O5S2/c1-2-34-23-16-18(13-14-22(23)35-37(32,33)21-11-7-4-8-12-21)15-20(17-27)25-29-30-26(36-25)28-24(31)19-9-5-3-6-10-19/h3-16H,2H2,1H3,(H,28,30,31)/b20-15+. The fraction of sp³-hybridized carbons (Fsp3) is 0.0769. The van der Waals surface area contributed by atoms with Crippen LogP contribution in [0.15, 0.2) is 83.8 Å². The normalized spacial score (nSPS) is 11.4. The van der Waals surface area contributed by atoms with Crippen LogP contribution in [0, 0.1) is 11.3 Å². The van der Waals surface area contributed by atoms with Crippen LogP contribution in [0.3, 0.4) is 0 Å². The highest BCUT2D eigenvalue weighted by Crippen LogP contribution is 2.33. The first-order valence-corrected chi connectivity index (χ1v) is 13.2. The lowest BCUT2D eigenvalue weighted by molar-refractivity contribution is 0.102. The lowest BCUT2D eigenvalue weighted by Gasteiger charge is -2.12. The summed E-state index contributed by atoms with van der Waals surface area (Å²) in [6.07, 6.45) is 1.56. The number of hydrogen-bond acceptors (Lipinski definition) is 9. The van der Waals surface area contributed by atoms with Gasteiger partial charge in [-0.05, 0) is 55.0 Å². The molecule has 0 unspecified atom stereocenters. The van der Waals surface area contributed by atoms with Gasteiger partial charge in [-0.25, -0.2) is 0 Å². The van der Waals surface area contributed by atoms with E-state index in [0.717, 1.165) is 11.3 Å². The average Bonchev–Trinajstić information content (AvgIpc) is 3.38. The topological polar surface area (TPSA) is 131 Å². The maximum atomic E-state index is 12.6. The van der Waals surface area contributed by atoms with Crippen molar-refractivity contribution in [2.24, 2.45) is 0 Å². The monoisotopic (exact) mass is 532 g/mol. The van der Waals surface area contributed by atoms with Gasteiger partial charge >= 0.3 is 10.1 Å². The van der Waals surface area contributed by atoms with Crippen LogP contribution in [0.5, 0.6) is 11.5 Å². The van der Waals surface area contributed by atoms with Crippen LogP contribution in [-0.4, -0.2) is 31.1 Å². The van der Waals surface area contributed by atoms with Gasteiger partial charge in [0.2, 0.25) is 5.13 Å². The fourth-order valence-electron chi connectivity index (χ4n) is 3.15. The highest BCUT2D eigenvalue weighted by Gasteiger charge is 2.19. The Morgan fingerprint density at radius 3 is 2.41 bits per heavy atom. The van der Waals surface area contributed by atoms with Crippen molar-refractivity contribution in [2.45, 2.75) is 11.8 Å². The Bertz CT molecular complexity index is 1580. The number of nitrogens with one attached hydrogen (secondary N) is 1. The number of aromatic nitrogens is 2. The summed E-state index contributed by atoms with van der Waals surface area (Å²) in [7, 11) is -4.06. The summed E-state index contributed by atoms with van der Waals surface area (Å²) in [6, 6.07) is 23.1. The van der Waals surface area contributed by atoms with Gasteiger partial charge in [0.25, 0.3) is 5.91 Å². The molecule has 0 aliphatic heterocycles. The first-order valence-electron chi connectivity index (χ1n) is 11.0. The molecule has 0 fully saturated rings. The number of carbonyl (C=O) groups is 1. The van der Waals surface area contributed by atoms with Gasteiger partial charge in [0.1, 0.15) is 11.0 Å². The minimum absolute atomic E-state index is 0.0135. The van der Waals surface area contributed by atoms with Gasteiger partial charge in [-0.15, -0.1) is 10.2 Å². The Balaban J connectivity index is 1.56. The summed E-state index contributed by atoms with van der Waals surface area (Å²) >= 11 is 1.05. The molecule has 1 aromatic heterocycles. The zero-order chi connectivity index (χ0) is 26.3. The predicted octanol–water partition coefficient (Wildman–Crippen LogP) is 5.02. The quantitative estimate of drug-likeness (QED) is 0.235. The lowest BCUT2D eigenvalue weighted by Crippen LogP contribution is -2.11. The molecule has 0 spiro atoms. The number of amides is 1. The Kier molecular flexibility index (Phi) is 7.92. The number of hydrogen-bond donors (Lipinski definition) is 1. The third-order valence-corrected chi connectivity index (χ3v) is 6.96. The molecule has 4 aromatic rings. The van der Waals surface area contributed by atoms with Crippen molar-refractivity contribution in [3.8, 4) is 17.6 Å². The first-order chi connectivity index (χ1) is 17.9. The minimum Gasteiger partial charge on any atom is -0.490 e. The third-order valence-electron chi connectivity index (χ3n) is 4.84. The fourth-order valence-corrected chi connectivity index (χ4v) is 4.82. The van der Waals surface area contributed by atoms with Crippen molar-refractivity contribution in [3.63, 3.8) is 0 Å². The van der Waals surface area contributed by atoms with Crippen LogP contribution in [0.25, 0.3) is 11.6 Å². The summed E-state index contributed by atoms with van der Waals surface area (Å²) in [6.45, 7) is 2.02. The molecule has 37 heavy (non-hydrogen) atoms. The Hall–Kier alpha value is -4.53. The Morgan fingerprint density at radius 2 is 1.73 bits per heavy atom. The number of anilines is 1. The van der Waals surface area contributed by atoms with E-state index in [1.165, 1.54) is 18.2 Å². The second-order valence-electron chi connectivity index (χ2n) is 7.39. The number of nitrogens with zero attached hydrogens (tertiary/aromatic N) is 3. The molecule has 0 saturated heterocycles. The summed E-state index contributed by atoms with van der Waals surface area (Å²) in [5, 5.41) is 20.9. The zero-order valence-electron chi connectivity index (χ0n) is 19.5. The molecule has 3 aromatic carbocycles. The summed E-state index contributed by atoms with van der Waals surface area (Å²) in [5.74, 6) is -0.127. The van der Waals surface area contributed by atoms with E-state index in [2.05, 4.69) is 21.6 Å². The van der Waals surface area contributed by atoms with E-state index in [9.17, 15) is 18.5 Å². The number of allylic oxidation sites excluding steroid dienone is 1. The van der Waals surface area contributed by atoms with Crippen LogP contribution in [0.1, 0.15) is 27.9 Å². The second-order valence-corrected chi connectivity index (χ2v) is 9.92. The van der Waals surface area contributed by atoms with Crippen LogP contribution in [0.2, 0.25) is 0 Å². The molecule has 4 rings (SSSR count). The van der Waals surface area contributed by atoms with Crippen molar-refractivity contribution in [3.05, 3.63) is 95.0 Å². The molecule has 0 atom stereocenters. The molecule has 1 amide bonds. The van der Waals surface area contributed by atoms with Crippen LogP contribution < -0.4 is 14.2 Å². The number of nitriles is 1. The number of benzene rings is 3. The lowest BCUT2D eigenvalue weighted by atomic mass is 10.1. The van der Waals surface area contributed by atoms with Gasteiger partial charge < -0.3 is 8.92 Å². The van der Waals surface area contributed by atoms with E-state index in [0.29, 0.717) is 16.1 Å². The molecule has 0 radical (unpaired) electrons. The van der Waals surface area contributed by atoms with E-state index in [1.54, 1.807) is 67.6 Å². The van der Waals surface area contributed by atoms with Crippen LogP contribution in [0.4, 0.5) is 5.13 Å². The van der Waals surface area contributed by atoms with Gasteiger partial charge in [-0.1, -0.05) is 53.8 Å². The van der Waals surface area contributed by atoms with Gasteiger partial charge in [-0.2, -0.15) is 13.7 Å². The summed E-state index contributed by atoms with van der Waals surface area (Å²) in [4.78, 5) is 12.4. The second kappa shape index (κ2) is 11.5. The van der Waals surface area contributed by atoms with Crippen molar-refractivity contribution in [1.82, 2.24) is 10.2 Å². The van der Waals surface area contributed by atoms with Crippen LogP contribution in [-0.2, 0) is 10.1 Å². The maximum absolute atomic E-state index is 12.6. The number of carbonyl (C=O) groups excluding carboxylic acids is 1. The zero-order valence-corrected chi connectivity index (χ0v) is 21.1. The molecular weight excluding hydrogens is 512 g/mol. The SMILES string of the molecule is CCOc1cc(/C=C(\C#N)c2nnc(NC(=O)c3ccccc3)s2)ccc1OS(=O)(=O)c1ccccc1. The highest BCUT2D eigenvalue weighted by atomic mass is 32.2. The maximum Gasteiger partial charge on any atom is 0.339 e. The van der Waals surface area contributed by atoms with Crippen molar-refractivity contribution >= 4 is 44.1 Å². The van der Waals surface area contributed by atoms with E-state index < -0.39 is 10.1 Å². The third kappa shape index (κ3) is 6.38. The first kappa shape index (κ1) is 25.6. The van der Waals surface area contributed by atoms with Crippen LogP contribution >= 0.6 is 11.3 Å². The Morgan fingerprint density at radius 1 is 1.03 bits per heavy atom. The van der Waals surface area contributed by atoms with Gasteiger partial charge in [0.15, 0.2) is 16.5 Å². The average molecular weight is 533 g/mol. The smallest absolute Gasteiger partial charge is 0.339 e. The van der Waals surface area contributed by atoms with Gasteiger partial charge in [0, 0.05) is 5.56 Å². The Labute approximate surface area is 217 Å². The molecule has 186 valence electrons. The van der Waals surface area contributed by atoms with E-state index in [1.807, 2.05) is 6.07 Å². The summed E-state index contributed by atoms with van der Waals surface area (Å²) in [5.41, 5.74) is 1.22. The molecule has 1 N–H and O–H groups in total. The van der Waals surface area contributed by atoms with Crippen molar-refractivity contribution < 1.29 is 22.1 Å². The molecule has 11 heteroatoms. The number of rotatable bonds is 9. The van der Waals surface area contributed by atoms with E-state index in [-0.39, 0.29) is 39.6 Å². The molecule has 0 aliphatic carbocycles. The molecule has 1 heterocycles. The largest absolute Gasteiger partial charge is 0.490 e. The molecule has 0 saturated carbocycles. The van der Waals surface area contributed by atoms with Gasteiger partial charge in [0.05, 0.1) is 12.2 Å². The summed E-state index contributed by atoms with van der Waals surface area (Å²) < 4.78 is 36.2. The van der Waals surface area contributed by atoms with E-state index >= 15 is 0 Å². The number of ether oxygens (including phenoxy) is 1. The molecule has 0 aliphatic rings. The van der Waals surface area contributed by atoms with Crippen molar-refractivity contribution in [2.75, 3.05) is 11.9 Å². The van der Waals surface area contributed by atoms with Gasteiger partial charge in [-0.3, -0.25) is 10.1 Å². The van der Waals surface area contributed by atoms with E-state index in [4.69, 9.17) is 8.92 Å². The molecular formula is C26H20N4O5S2. The minimum atomic E-state index is -4.06. The highest BCUT2D eigenvalue weighted by molar-refractivity contribution is 7.87. The van der Waals surface area contributed by atoms with Crippen molar-refractivity contribution in [1.29, 1.82) is 5.26 Å². The molecule has 0 bridgehead atoms. The molecule has 9 nitrogen and oxygen atoms in total. The predicted molar refractivity (Wildman–Crippen MR) is 140 cm³/mol.